The maximum atomic E-state index is 5.51. The van der Waals surface area contributed by atoms with Crippen LogP contribution in [0, 0.1) is 0 Å². The minimum atomic E-state index is 0.682. The van der Waals surface area contributed by atoms with Gasteiger partial charge in [0, 0.05) is 16.8 Å². The van der Waals surface area contributed by atoms with E-state index in [4.69, 9.17) is 5.73 Å². The van der Waals surface area contributed by atoms with Crippen molar-refractivity contribution >= 4 is 28.2 Å². The van der Waals surface area contributed by atoms with E-state index < -0.39 is 0 Å². The van der Waals surface area contributed by atoms with Gasteiger partial charge in [0.2, 0.25) is 0 Å². The van der Waals surface area contributed by atoms with Crippen molar-refractivity contribution in [3.05, 3.63) is 11.1 Å². The highest BCUT2D eigenvalue weighted by atomic mass is 32.2. The summed E-state index contributed by atoms with van der Waals surface area (Å²) in [5.74, 6) is 2.31. The fourth-order valence-electron chi connectivity index (χ4n) is 0.809. The van der Waals surface area contributed by atoms with Crippen LogP contribution in [0.1, 0.15) is 24.6 Å². The molecular weight excluding hydrogens is 188 g/mol. The lowest BCUT2D eigenvalue weighted by Gasteiger charge is -1.95. The van der Waals surface area contributed by atoms with Crippen molar-refractivity contribution in [2.75, 3.05) is 11.5 Å². The lowest BCUT2D eigenvalue weighted by molar-refractivity contribution is 0.896. The fourth-order valence-corrected chi connectivity index (χ4v) is 2.69. The topological polar surface area (TPSA) is 38.9 Å². The molecule has 0 aliphatic heterocycles. The Morgan fingerprint density at radius 3 is 3.08 bits per heavy atom. The molecule has 0 amide bonds. The third-order valence-corrected chi connectivity index (χ3v) is 3.56. The number of thioether (sulfide) groups is 1. The average Bonchev–Trinajstić information content (AvgIpc) is 2.45. The summed E-state index contributed by atoms with van der Waals surface area (Å²) >= 11 is 3.55. The van der Waals surface area contributed by atoms with Crippen molar-refractivity contribution in [2.24, 2.45) is 0 Å². The van der Waals surface area contributed by atoms with E-state index in [1.807, 2.05) is 18.0 Å². The van der Waals surface area contributed by atoms with Crippen LogP contribution in [0.5, 0.6) is 0 Å². The number of nitrogens with two attached hydrogens (primary N) is 1. The van der Waals surface area contributed by atoms with Crippen molar-refractivity contribution in [1.82, 2.24) is 4.98 Å². The zero-order chi connectivity index (χ0) is 8.81. The molecule has 1 aromatic rings. The van der Waals surface area contributed by atoms with Gasteiger partial charge >= 0.3 is 0 Å². The van der Waals surface area contributed by atoms with Crippen LogP contribution in [0.25, 0.3) is 0 Å². The van der Waals surface area contributed by atoms with Gasteiger partial charge in [0.25, 0.3) is 0 Å². The molecule has 12 heavy (non-hydrogen) atoms. The molecular formula is C8H14N2S2. The summed E-state index contributed by atoms with van der Waals surface area (Å²) in [6, 6.07) is 0. The van der Waals surface area contributed by atoms with Crippen LogP contribution < -0.4 is 5.73 Å². The quantitative estimate of drug-likeness (QED) is 0.746. The molecule has 68 valence electrons. The zero-order valence-corrected chi connectivity index (χ0v) is 8.88. The highest BCUT2D eigenvalue weighted by Gasteiger charge is 1.97. The summed E-state index contributed by atoms with van der Waals surface area (Å²) in [5.41, 5.74) is 5.51. The third kappa shape index (κ3) is 3.45. The van der Waals surface area contributed by atoms with Gasteiger partial charge in [-0.05, 0) is 12.2 Å². The van der Waals surface area contributed by atoms with Crippen LogP contribution in [-0.4, -0.2) is 10.7 Å². The SMILES string of the molecule is CCCCSCc1cnc(N)s1. The van der Waals surface area contributed by atoms with Gasteiger partial charge in [-0.1, -0.05) is 13.3 Å². The Morgan fingerprint density at radius 2 is 2.50 bits per heavy atom. The maximum absolute atomic E-state index is 5.51. The van der Waals surface area contributed by atoms with E-state index in [2.05, 4.69) is 11.9 Å². The predicted octanol–water partition coefficient (Wildman–Crippen LogP) is 2.76. The molecule has 2 N–H and O–H groups in total. The van der Waals surface area contributed by atoms with E-state index in [0.29, 0.717) is 5.13 Å². The van der Waals surface area contributed by atoms with E-state index >= 15 is 0 Å². The first-order valence-electron chi connectivity index (χ1n) is 4.11. The monoisotopic (exact) mass is 202 g/mol. The number of nitrogens with zero attached hydrogens (tertiary/aromatic N) is 1. The van der Waals surface area contributed by atoms with E-state index in [-0.39, 0.29) is 0 Å². The number of hydrogen-bond donors (Lipinski definition) is 1. The molecule has 0 radical (unpaired) electrons. The van der Waals surface area contributed by atoms with Gasteiger partial charge in [0.15, 0.2) is 5.13 Å². The second-order valence-corrected chi connectivity index (χ2v) is 4.82. The molecule has 1 aromatic heterocycles. The van der Waals surface area contributed by atoms with Gasteiger partial charge in [0.05, 0.1) is 0 Å². The maximum Gasteiger partial charge on any atom is 0.180 e. The minimum Gasteiger partial charge on any atom is -0.375 e. The minimum absolute atomic E-state index is 0.682. The zero-order valence-electron chi connectivity index (χ0n) is 7.25. The number of rotatable bonds is 5. The van der Waals surface area contributed by atoms with Gasteiger partial charge in [-0.2, -0.15) is 11.8 Å². The summed E-state index contributed by atoms with van der Waals surface area (Å²) in [5, 5.41) is 0.682. The first kappa shape index (κ1) is 9.86. The summed E-state index contributed by atoms with van der Waals surface area (Å²) in [4.78, 5) is 5.28. The third-order valence-electron chi connectivity index (χ3n) is 1.46. The normalized spacial score (nSPS) is 10.4. The Bertz CT molecular complexity index is 223. The van der Waals surface area contributed by atoms with Gasteiger partial charge < -0.3 is 5.73 Å². The van der Waals surface area contributed by atoms with Crippen molar-refractivity contribution in [3.8, 4) is 0 Å². The molecule has 0 saturated carbocycles. The second-order valence-electron chi connectivity index (χ2n) is 2.57. The van der Waals surface area contributed by atoms with Crippen LogP contribution in [0.4, 0.5) is 5.13 Å². The highest BCUT2D eigenvalue weighted by molar-refractivity contribution is 7.98. The molecule has 0 aromatic carbocycles. The molecule has 0 bridgehead atoms. The molecule has 2 nitrogen and oxygen atoms in total. The fraction of sp³-hybridized carbons (Fsp3) is 0.625. The smallest absolute Gasteiger partial charge is 0.180 e. The van der Waals surface area contributed by atoms with E-state index in [1.54, 1.807) is 11.3 Å². The Morgan fingerprint density at radius 1 is 1.67 bits per heavy atom. The molecule has 0 aliphatic carbocycles. The Labute approximate surface area is 81.6 Å². The summed E-state index contributed by atoms with van der Waals surface area (Å²) in [6.07, 6.45) is 4.45. The molecule has 0 spiro atoms. The number of nitrogen functional groups attached to an aromatic ring is 1. The van der Waals surface area contributed by atoms with E-state index in [0.717, 1.165) is 5.75 Å². The lowest BCUT2D eigenvalue weighted by atomic mass is 10.4. The van der Waals surface area contributed by atoms with Crippen molar-refractivity contribution in [1.29, 1.82) is 0 Å². The first-order valence-corrected chi connectivity index (χ1v) is 6.08. The summed E-state index contributed by atoms with van der Waals surface area (Å²) in [7, 11) is 0. The second kappa shape index (κ2) is 5.43. The van der Waals surface area contributed by atoms with Gasteiger partial charge in [-0.3, -0.25) is 0 Å². The molecule has 0 aliphatic rings. The average molecular weight is 202 g/mol. The van der Waals surface area contributed by atoms with Crippen LogP contribution >= 0.6 is 23.1 Å². The lowest BCUT2D eigenvalue weighted by Crippen LogP contribution is -1.78. The standard InChI is InChI=1S/C8H14N2S2/c1-2-3-4-11-6-7-5-10-8(9)12-7/h5H,2-4,6H2,1H3,(H2,9,10). The molecule has 4 heteroatoms. The highest BCUT2D eigenvalue weighted by Crippen LogP contribution is 2.20. The van der Waals surface area contributed by atoms with E-state index in [9.17, 15) is 0 Å². The largest absolute Gasteiger partial charge is 0.375 e. The first-order chi connectivity index (χ1) is 5.83. The number of unbranched alkanes of at least 4 members (excludes halogenated alkanes) is 1. The van der Waals surface area contributed by atoms with Gasteiger partial charge in [0.1, 0.15) is 0 Å². The summed E-state index contributed by atoms with van der Waals surface area (Å²) in [6.45, 7) is 2.21. The van der Waals surface area contributed by atoms with Crippen molar-refractivity contribution < 1.29 is 0 Å². The van der Waals surface area contributed by atoms with E-state index in [1.165, 1.54) is 23.5 Å². The summed E-state index contributed by atoms with van der Waals surface area (Å²) < 4.78 is 0. The van der Waals surface area contributed by atoms with Crippen LogP contribution in [0.15, 0.2) is 6.20 Å². The van der Waals surface area contributed by atoms with Gasteiger partial charge in [-0.15, -0.1) is 11.3 Å². The molecule has 1 heterocycles. The van der Waals surface area contributed by atoms with Gasteiger partial charge in [-0.25, -0.2) is 4.98 Å². The number of hydrogen-bond acceptors (Lipinski definition) is 4. The molecule has 0 unspecified atom stereocenters. The molecule has 0 atom stereocenters. The number of anilines is 1. The Hall–Kier alpha value is -0.220. The number of aromatic nitrogens is 1. The molecule has 0 fully saturated rings. The Balaban J connectivity index is 2.15. The van der Waals surface area contributed by atoms with Crippen LogP contribution in [-0.2, 0) is 5.75 Å². The predicted molar refractivity (Wildman–Crippen MR) is 57.6 cm³/mol. The Kier molecular flexibility index (Phi) is 4.46. The molecule has 1 rings (SSSR count). The van der Waals surface area contributed by atoms with Crippen LogP contribution in [0.3, 0.4) is 0 Å². The van der Waals surface area contributed by atoms with Crippen molar-refractivity contribution in [3.63, 3.8) is 0 Å². The van der Waals surface area contributed by atoms with Crippen molar-refractivity contribution in [2.45, 2.75) is 25.5 Å². The van der Waals surface area contributed by atoms with Crippen LogP contribution in [0.2, 0.25) is 0 Å². The molecule has 0 saturated heterocycles. The number of thiazole rings is 1.